The Morgan fingerprint density at radius 2 is 1.62 bits per heavy atom. The molecule has 0 bridgehead atoms. The number of rotatable bonds is 8. The number of carbonyl (C=O) groups is 3. The fourth-order valence-corrected chi connectivity index (χ4v) is 3.06. The van der Waals surface area contributed by atoms with Gasteiger partial charge in [0.25, 0.3) is 5.91 Å². The molecule has 0 atom stereocenters. The molecule has 154 valence electrons. The number of amides is 2. The summed E-state index contributed by atoms with van der Waals surface area (Å²) in [4.78, 5) is 35.8. The number of anilines is 1. The maximum atomic E-state index is 12.0. The van der Waals surface area contributed by atoms with Crippen LogP contribution in [0.4, 0.5) is 5.69 Å². The summed E-state index contributed by atoms with van der Waals surface area (Å²) in [6.45, 7) is 1.14. The first-order valence-electron chi connectivity index (χ1n) is 8.82. The molecule has 2 aromatic rings. The second kappa shape index (κ2) is 9.83. The van der Waals surface area contributed by atoms with E-state index in [2.05, 4.69) is 10.6 Å². The van der Waals surface area contributed by atoms with E-state index < -0.39 is 34.2 Å². The maximum absolute atomic E-state index is 12.0. The van der Waals surface area contributed by atoms with Crippen LogP contribution in [0, 0.1) is 0 Å². The normalized spacial score (nSPS) is 10.8. The number of hydrogen-bond donors (Lipinski definition) is 2. The Labute approximate surface area is 169 Å². The predicted molar refractivity (Wildman–Crippen MR) is 107 cm³/mol. The van der Waals surface area contributed by atoms with Gasteiger partial charge in [-0.15, -0.1) is 0 Å². The summed E-state index contributed by atoms with van der Waals surface area (Å²) in [5.41, 5.74) is 1.76. The summed E-state index contributed by atoms with van der Waals surface area (Å²) < 4.78 is 27.7. The Hall–Kier alpha value is -3.20. The number of benzene rings is 2. The van der Waals surface area contributed by atoms with Crippen LogP contribution in [0.5, 0.6) is 0 Å². The molecular weight excluding hydrogens is 396 g/mol. The fourth-order valence-electron chi connectivity index (χ4n) is 2.43. The minimum Gasteiger partial charge on any atom is -0.452 e. The van der Waals surface area contributed by atoms with Crippen LogP contribution < -0.4 is 10.6 Å². The van der Waals surface area contributed by atoms with E-state index in [-0.39, 0.29) is 17.0 Å². The van der Waals surface area contributed by atoms with Crippen molar-refractivity contribution in [2.45, 2.75) is 18.2 Å². The van der Waals surface area contributed by atoms with Gasteiger partial charge in [-0.05, 0) is 42.3 Å². The van der Waals surface area contributed by atoms with Crippen LogP contribution in [0.15, 0.2) is 53.4 Å². The quantitative estimate of drug-likeness (QED) is 0.628. The third-order valence-electron chi connectivity index (χ3n) is 3.97. The van der Waals surface area contributed by atoms with E-state index in [0.29, 0.717) is 5.69 Å². The van der Waals surface area contributed by atoms with Crippen molar-refractivity contribution in [3.8, 4) is 0 Å². The van der Waals surface area contributed by atoms with Gasteiger partial charge in [0.15, 0.2) is 16.4 Å². The molecule has 2 aromatic carbocycles. The van der Waals surface area contributed by atoms with Crippen molar-refractivity contribution in [1.29, 1.82) is 0 Å². The number of ether oxygens (including phenoxy) is 1. The lowest BCUT2D eigenvalue weighted by molar-refractivity contribution is -0.126. The molecule has 8 nitrogen and oxygen atoms in total. The highest BCUT2D eigenvalue weighted by molar-refractivity contribution is 7.90. The fraction of sp³-hybridized carbons (Fsp3) is 0.250. The van der Waals surface area contributed by atoms with Crippen molar-refractivity contribution in [1.82, 2.24) is 5.32 Å². The van der Waals surface area contributed by atoms with Crippen molar-refractivity contribution in [3.05, 3.63) is 59.7 Å². The van der Waals surface area contributed by atoms with Crippen LogP contribution in [0.1, 0.15) is 22.8 Å². The lowest BCUT2D eigenvalue weighted by Gasteiger charge is -2.10. The van der Waals surface area contributed by atoms with Gasteiger partial charge >= 0.3 is 5.97 Å². The number of para-hydroxylation sites is 1. The van der Waals surface area contributed by atoms with Crippen molar-refractivity contribution < 1.29 is 27.5 Å². The molecule has 0 aliphatic heterocycles. The molecule has 2 N–H and O–H groups in total. The third-order valence-corrected chi connectivity index (χ3v) is 5.10. The molecule has 0 heterocycles. The Kier molecular flexibility index (Phi) is 7.49. The topological polar surface area (TPSA) is 119 Å². The molecule has 0 aliphatic rings. The summed E-state index contributed by atoms with van der Waals surface area (Å²) >= 11 is 0. The number of carbonyl (C=O) groups excluding carboxylic acids is 3. The highest BCUT2D eigenvalue weighted by Crippen LogP contribution is 2.15. The Morgan fingerprint density at radius 3 is 2.24 bits per heavy atom. The third kappa shape index (κ3) is 6.72. The zero-order chi connectivity index (χ0) is 21.4. The average molecular weight is 418 g/mol. The second-order valence-electron chi connectivity index (χ2n) is 6.21. The van der Waals surface area contributed by atoms with Crippen LogP contribution in [0.3, 0.4) is 0 Å². The van der Waals surface area contributed by atoms with Crippen LogP contribution in [0.25, 0.3) is 0 Å². The predicted octanol–water partition coefficient (Wildman–Crippen LogP) is 1.56. The molecule has 0 spiro atoms. The maximum Gasteiger partial charge on any atom is 0.338 e. The van der Waals surface area contributed by atoms with Gasteiger partial charge in [-0.25, -0.2) is 13.2 Å². The molecule has 0 unspecified atom stereocenters. The first kappa shape index (κ1) is 22.1. The van der Waals surface area contributed by atoms with Crippen molar-refractivity contribution in [2.75, 3.05) is 24.7 Å². The molecule has 0 fully saturated rings. The summed E-state index contributed by atoms with van der Waals surface area (Å²) in [6, 6.07) is 12.5. The molecule has 0 saturated carbocycles. The second-order valence-corrected chi connectivity index (χ2v) is 8.22. The molecule has 29 heavy (non-hydrogen) atoms. The number of aryl methyl sites for hydroxylation is 1. The molecule has 0 aromatic heterocycles. The average Bonchev–Trinajstić information content (AvgIpc) is 2.70. The minimum absolute atomic E-state index is 0.0717. The molecule has 0 aliphatic carbocycles. The Morgan fingerprint density at radius 1 is 0.966 bits per heavy atom. The van der Waals surface area contributed by atoms with E-state index in [1.807, 2.05) is 19.1 Å². The van der Waals surface area contributed by atoms with Crippen molar-refractivity contribution >= 4 is 33.3 Å². The number of esters is 1. The summed E-state index contributed by atoms with van der Waals surface area (Å²) in [5, 5.41) is 5.08. The van der Waals surface area contributed by atoms with E-state index in [1.54, 1.807) is 12.1 Å². The minimum atomic E-state index is -3.37. The van der Waals surface area contributed by atoms with Gasteiger partial charge < -0.3 is 15.4 Å². The molecule has 2 rings (SSSR count). The molecule has 2 amide bonds. The van der Waals surface area contributed by atoms with Crippen molar-refractivity contribution in [3.63, 3.8) is 0 Å². The van der Waals surface area contributed by atoms with Gasteiger partial charge in [0.1, 0.15) is 0 Å². The van der Waals surface area contributed by atoms with Crippen LogP contribution in [-0.2, 0) is 30.6 Å². The molecular formula is C20H22N2O6S. The van der Waals surface area contributed by atoms with Gasteiger partial charge in [0.2, 0.25) is 5.91 Å². The largest absolute Gasteiger partial charge is 0.452 e. The highest BCUT2D eigenvalue weighted by atomic mass is 32.2. The number of sulfone groups is 1. The molecule has 0 radical (unpaired) electrons. The standard InChI is InChI=1S/C20H22N2O6S/c1-3-14-6-4-5-7-17(14)22-18(23)12-21-19(24)13-28-20(25)15-8-10-16(11-9-15)29(2,26)27/h4-11H,3,12-13H2,1-2H3,(H,21,24)(H,22,23). The summed E-state index contributed by atoms with van der Waals surface area (Å²) in [5.74, 6) is -1.81. The van der Waals surface area contributed by atoms with E-state index in [0.717, 1.165) is 18.2 Å². The van der Waals surface area contributed by atoms with E-state index in [4.69, 9.17) is 4.74 Å². The number of hydrogen-bond acceptors (Lipinski definition) is 6. The molecule has 0 saturated heterocycles. The smallest absolute Gasteiger partial charge is 0.338 e. The van der Waals surface area contributed by atoms with Gasteiger partial charge in [-0.3, -0.25) is 9.59 Å². The van der Waals surface area contributed by atoms with E-state index in [9.17, 15) is 22.8 Å². The zero-order valence-corrected chi connectivity index (χ0v) is 16.9. The van der Waals surface area contributed by atoms with E-state index in [1.165, 1.54) is 24.3 Å². The van der Waals surface area contributed by atoms with Gasteiger partial charge in [0.05, 0.1) is 17.0 Å². The first-order valence-corrected chi connectivity index (χ1v) is 10.7. The Balaban J connectivity index is 1.79. The van der Waals surface area contributed by atoms with Crippen molar-refractivity contribution in [2.24, 2.45) is 0 Å². The lowest BCUT2D eigenvalue weighted by atomic mass is 10.1. The van der Waals surface area contributed by atoms with Crippen LogP contribution in [-0.4, -0.2) is 45.6 Å². The van der Waals surface area contributed by atoms with Crippen LogP contribution >= 0.6 is 0 Å². The van der Waals surface area contributed by atoms with Gasteiger partial charge in [-0.1, -0.05) is 25.1 Å². The SMILES string of the molecule is CCc1ccccc1NC(=O)CNC(=O)COC(=O)c1ccc(S(C)(=O)=O)cc1. The van der Waals surface area contributed by atoms with E-state index >= 15 is 0 Å². The Bertz CT molecular complexity index is 1000. The van der Waals surface area contributed by atoms with Gasteiger partial charge in [0, 0.05) is 11.9 Å². The van der Waals surface area contributed by atoms with Crippen LogP contribution in [0.2, 0.25) is 0 Å². The molecule has 9 heteroatoms. The van der Waals surface area contributed by atoms with Gasteiger partial charge in [-0.2, -0.15) is 0 Å². The monoisotopic (exact) mass is 418 g/mol. The first-order chi connectivity index (χ1) is 13.7. The summed E-state index contributed by atoms with van der Waals surface area (Å²) in [6.07, 6.45) is 1.81. The lowest BCUT2D eigenvalue weighted by Crippen LogP contribution is -2.35. The highest BCUT2D eigenvalue weighted by Gasteiger charge is 2.13. The number of nitrogens with one attached hydrogen (secondary N) is 2. The summed E-state index contributed by atoms with van der Waals surface area (Å²) in [7, 11) is -3.37. The zero-order valence-electron chi connectivity index (χ0n) is 16.1.